The van der Waals surface area contributed by atoms with Gasteiger partial charge in [0.15, 0.2) is 0 Å². The summed E-state index contributed by atoms with van der Waals surface area (Å²) in [5.74, 6) is -0.196. The van der Waals surface area contributed by atoms with Crippen LogP contribution in [0.15, 0.2) is 35.7 Å². The molecule has 0 aliphatic carbocycles. The third-order valence-electron chi connectivity index (χ3n) is 5.20. The zero-order valence-electron chi connectivity index (χ0n) is 15.7. The fourth-order valence-electron chi connectivity index (χ4n) is 3.83. The van der Waals surface area contributed by atoms with Gasteiger partial charge >= 0.3 is 0 Å². The van der Waals surface area contributed by atoms with Crippen LogP contribution in [0.3, 0.4) is 0 Å². The first-order chi connectivity index (χ1) is 13.0. The second kappa shape index (κ2) is 8.63. The molecule has 1 aliphatic heterocycles. The van der Waals surface area contributed by atoms with E-state index in [1.165, 1.54) is 34.7 Å². The summed E-state index contributed by atoms with van der Waals surface area (Å²) in [5, 5.41) is 15.8. The molecule has 3 rings (SSSR count). The molecule has 1 N–H and O–H groups in total. The van der Waals surface area contributed by atoms with E-state index in [2.05, 4.69) is 35.5 Å². The zero-order valence-corrected chi connectivity index (χ0v) is 16.5. The Morgan fingerprint density at radius 2 is 2.07 bits per heavy atom. The molecule has 1 amide bonds. The molecule has 27 heavy (non-hydrogen) atoms. The first-order valence-electron chi connectivity index (χ1n) is 9.36. The van der Waals surface area contributed by atoms with Crippen LogP contribution in [0.5, 0.6) is 0 Å². The van der Waals surface area contributed by atoms with E-state index >= 15 is 0 Å². The molecule has 0 radical (unpaired) electrons. The fraction of sp³-hybridized carbons (Fsp3) is 0.450. The number of amides is 1. The van der Waals surface area contributed by atoms with E-state index in [4.69, 9.17) is 0 Å². The smallest absolute Gasteiger partial charge is 0.269 e. The number of nitrogens with zero attached hydrogens (tertiary/aromatic N) is 2. The van der Waals surface area contributed by atoms with Crippen LogP contribution in [0, 0.1) is 10.1 Å². The zero-order chi connectivity index (χ0) is 19.4. The first kappa shape index (κ1) is 19.5. The number of carbonyl (C=O) groups excluding carboxylic acids is 1. The molecule has 0 spiro atoms. The van der Waals surface area contributed by atoms with E-state index in [1.807, 2.05) is 11.3 Å². The number of nitro groups is 1. The minimum Gasteiger partial charge on any atom is -0.351 e. The van der Waals surface area contributed by atoms with Crippen molar-refractivity contribution in [1.82, 2.24) is 10.2 Å². The average Bonchev–Trinajstić information content (AvgIpc) is 3.13. The summed E-state index contributed by atoms with van der Waals surface area (Å²) >= 11 is 1.81. The van der Waals surface area contributed by atoms with Crippen molar-refractivity contribution in [1.29, 1.82) is 0 Å². The van der Waals surface area contributed by atoms with Crippen LogP contribution in [0.1, 0.15) is 53.5 Å². The molecular formula is C20H25N3O3S. The lowest BCUT2D eigenvalue weighted by Gasteiger charge is -2.40. The molecule has 6 nitrogen and oxygen atoms in total. The number of hydrogen-bond acceptors (Lipinski definition) is 5. The Kier molecular flexibility index (Phi) is 6.23. The molecule has 0 saturated carbocycles. The lowest BCUT2D eigenvalue weighted by atomic mass is 9.93. The standard InChI is InChI=1S/C20H25N3O3S/c1-3-4-18-13-16-9-12-27-19(16)14(2)22(18)11-10-21-20(24)15-5-7-17(8-6-15)23(25)26/h5-9,12,14,18H,3-4,10-11,13H2,1-2H3,(H,21,24)/t14-,18+/m0/s1. The number of non-ortho nitro benzene ring substituents is 1. The van der Waals surface area contributed by atoms with Gasteiger partial charge in [-0.2, -0.15) is 0 Å². The summed E-state index contributed by atoms with van der Waals surface area (Å²) in [7, 11) is 0. The lowest BCUT2D eigenvalue weighted by Crippen LogP contribution is -2.45. The van der Waals surface area contributed by atoms with Crippen molar-refractivity contribution in [2.75, 3.05) is 13.1 Å². The Labute approximate surface area is 163 Å². The van der Waals surface area contributed by atoms with Gasteiger partial charge in [-0.3, -0.25) is 19.8 Å². The van der Waals surface area contributed by atoms with Crippen LogP contribution >= 0.6 is 11.3 Å². The monoisotopic (exact) mass is 387 g/mol. The Bertz CT molecular complexity index is 803. The number of fused-ring (bicyclic) bond motifs is 1. The first-order valence-corrected chi connectivity index (χ1v) is 10.2. The van der Waals surface area contributed by atoms with Gasteiger partial charge in [-0.25, -0.2) is 0 Å². The second-order valence-electron chi connectivity index (χ2n) is 6.93. The lowest BCUT2D eigenvalue weighted by molar-refractivity contribution is -0.384. The van der Waals surface area contributed by atoms with Crippen molar-refractivity contribution < 1.29 is 9.72 Å². The van der Waals surface area contributed by atoms with E-state index < -0.39 is 4.92 Å². The summed E-state index contributed by atoms with van der Waals surface area (Å²) in [4.78, 5) is 26.5. The van der Waals surface area contributed by atoms with Crippen LogP contribution in [0.25, 0.3) is 0 Å². The number of nitrogens with one attached hydrogen (secondary N) is 1. The quantitative estimate of drug-likeness (QED) is 0.571. The Hall–Kier alpha value is -2.25. The maximum Gasteiger partial charge on any atom is 0.269 e. The van der Waals surface area contributed by atoms with E-state index in [9.17, 15) is 14.9 Å². The molecule has 0 unspecified atom stereocenters. The predicted octanol–water partition coefficient (Wildman–Crippen LogP) is 4.17. The molecule has 1 aromatic carbocycles. The van der Waals surface area contributed by atoms with E-state index in [1.54, 1.807) is 0 Å². The topological polar surface area (TPSA) is 75.5 Å². The summed E-state index contributed by atoms with van der Waals surface area (Å²) in [6.07, 6.45) is 3.37. The Morgan fingerprint density at radius 3 is 2.74 bits per heavy atom. The van der Waals surface area contributed by atoms with Crippen molar-refractivity contribution in [3.8, 4) is 0 Å². The van der Waals surface area contributed by atoms with E-state index in [0.717, 1.165) is 25.8 Å². The normalized spacial score (nSPS) is 19.5. The predicted molar refractivity (Wildman–Crippen MR) is 107 cm³/mol. The average molecular weight is 388 g/mol. The van der Waals surface area contributed by atoms with Gasteiger partial charge in [0.2, 0.25) is 0 Å². The molecule has 0 saturated heterocycles. The number of benzene rings is 1. The van der Waals surface area contributed by atoms with Crippen molar-refractivity contribution in [3.63, 3.8) is 0 Å². The molecule has 0 fully saturated rings. The van der Waals surface area contributed by atoms with Gasteiger partial charge in [-0.15, -0.1) is 11.3 Å². The van der Waals surface area contributed by atoms with Crippen molar-refractivity contribution >= 4 is 22.9 Å². The number of hydrogen-bond donors (Lipinski definition) is 1. The highest BCUT2D eigenvalue weighted by molar-refractivity contribution is 7.10. The number of thiophene rings is 1. The van der Waals surface area contributed by atoms with Crippen molar-refractivity contribution in [2.24, 2.45) is 0 Å². The molecule has 1 aliphatic rings. The van der Waals surface area contributed by atoms with Crippen LogP contribution in [-0.4, -0.2) is 34.9 Å². The highest BCUT2D eigenvalue weighted by Gasteiger charge is 2.31. The van der Waals surface area contributed by atoms with Crippen LogP contribution in [0.4, 0.5) is 5.69 Å². The van der Waals surface area contributed by atoms with Gasteiger partial charge in [-0.1, -0.05) is 13.3 Å². The molecule has 2 aromatic rings. The summed E-state index contributed by atoms with van der Waals surface area (Å²) in [6.45, 7) is 5.81. The highest BCUT2D eigenvalue weighted by atomic mass is 32.1. The molecular weight excluding hydrogens is 362 g/mol. The fourth-order valence-corrected chi connectivity index (χ4v) is 4.85. The Balaban J connectivity index is 1.59. The van der Waals surface area contributed by atoms with E-state index in [-0.39, 0.29) is 11.6 Å². The number of nitro benzene ring substituents is 1. The molecule has 144 valence electrons. The van der Waals surface area contributed by atoms with E-state index in [0.29, 0.717) is 24.2 Å². The molecule has 1 aromatic heterocycles. The molecule has 7 heteroatoms. The minimum absolute atomic E-state index is 0.0112. The second-order valence-corrected chi connectivity index (χ2v) is 7.88. The molecule has 0 bridgehead atoms. The maximum absolute atomic E-state index is 12.3. The Morgan fingerprint density at radius 1 is 1.33 bits per heavy atom. The summed E-state index contributed by atoms with van der Waals surface area (Å²) in [6, 6.07) is 8.82. The summed E-state index contributed by atoms with van der Waals surface area (Å²) in [5.41, 5.74) is 1.90. The van der Waals surface area contributed by atoms with Gasteiger partial charge < -0.3 is 5.32 Å². The maximum atomic E-state index is 12.3. The summed E-state index contributed by atoms with van der Waals surface area (Å²) < 4.78 is 0. The van der Waals surface area contributed by atoms with Gasteiger partial charge in [0.1, 0.15) is 0 Å². The number of carbonyl (C=O) groups is 1. The number of rotatable bonds is 7. The molecule has 2 heterocycles. The largest absolute Gasteiger partial charge is 0.351 e. The van der Waals surface area contributed by atoms with Crippen LogP contribution < -0.4 is 5.32 Å². The minimum atomic E-state index is -0.466. The van der Waals surface area contributed by atoms with Gasteiger partial charge in [-0.05, 0) is 48.9 Å². The van der Waals surface area contributed by atoms with Crippen LogP contribution in [0.2, 0.25) is 0 Å². The van der Waals surface area contributed by atoms with Crippen molar-refractivity contribution in [2.45, 2.75) is 45.2 Å². The van der Waals surface area contributed by atoms with Gasteiger partial charge in [0.05, 0.1) is 4.92 Å². The molecule has 2 atom stereocenters. The van der Waals surface area contributed by atoms with Crippen molar-refractivity contribution in [3.05, 3.63) is 61.8 Å². The van der Waals surface area contributed by atoms with Crippen LogP contribution in [-0.2, 0) is 6.42 Å². The third kappa shape index (κ3) is 4.36. The third-order valence-corrected chi connectivity index (χ3v) is 6.33. The SMILES string of the molecule is CCC[C@@H]1Cc2ccsc2[C@H](C)N1CCNC(=O)c1ccc([N+](=O)[O-])cc1. The van der Waals surface area contributed by atoms with Gasteiger partial charge in [0, 0.05) is 47.7 Å². The highest BCUT2D eigenvalue weighted by Crippen LogP contribution is 2.37. The van der Waals surface area contributed by atoms with Gasteiger partial charge in [0.25, 0.3) is 11.6 Å².